The van der Waals surface area contributed by atoms with Gasteiger partial charge >= 0.3 is 0 Å². The van der Waals surface area contributed by atoms with Crippen LogP contribution < -0.4 is 0 Å². The van der Waals surface area contributed by atoms with Gasteiger partial charge in [0, 0.05) is 6.42 Å². The van der Waals surface area contributed by atoms with Gasteiger partial charge in [0.15, 0.2) is 0 Å². The minimum Gasteiger partial charge on any atom is -0.395 e. The van der Waals surface area contributed by atoms with Gasteiger partial charge in [-0.15, -0.1) is 0 Å². The summed E-state index contributed by atoms with van der Waals surface area (Å²) in [6, 6.07) is 4.84. The topological polar surface area (TPSA) is 29.5 Å². The van der Waals surface area contributed by atoms with Gasteiger partial charge in [-0.05, 0) is 37.0 Å². The van der Waals surface area contributed by atoms with Crippen molar-refractivity contribution in [2.75, 3.05) is 6.61 Å². The molecule has 1 rings (SSSR count). The average molecular weight is 278 g/mol. The van der Waals surface area contributed by atoms with E-state index in [1.54, 1.807) is 12.1 Å². The summed E-state index contributed by atoms with van der Waals surface area (Å²) < 4.78 is 19.3. The van der Waals surface area contributed by atoms with Crippen LogP contribution in [0.1, 0.15) is 44.7 Å². The number of hydrogen-bond acceptors (Lipinski definition) is 2. The van der Waals surface area contributed by atoms with Crippen molar-refractivity contribution in [3.8, 4) is 11.8 Å². The van der Waals surface area contributed by atoms with E-state index in [1.807, 2.05) is 6.92 Å². The Morgan fingerprint density at radius 2 is 2.05 bits per heavy atom. The van der Waals surface area contributed by atoms with Crippen molar-refractivity contribution < 1.29 is 14.2 Å². The first kappa shape index (κ1) is 16.7. The molecule has 0 amide bonds. The van der Waals surface area contributed by atoms with Crippen LogP contribution in [0.3, 0.4) is 0 Å². The molecule has 0 saturated carbocycles. The summed E-state index contributed by atoms with van der Waals surface area (Å²) in [7, 11) is 0. The molecule has 1 aromatic rings. The number of benzene rings is 1. The van der Waals surface area contributed by atoms with Crippen molar-refractivity contribution in [3.05, 3.63) is 35.1 Å². The minimum atomic E-state index is -0.339. The van der Waals surface area contributed by atoms with Gasteiger partial charge in [0.1, 0.15) is 5.82 Å². The summed E-state index contributed by atoms with van der Waals surface area (Å²) in [5.74, 6) is 5.72. The zero-order valence-corrected chi connectivity index (χ0v) is 12.4. The standard InChI is InChI=1S/C17H23FO2/c1-13(2)10-14(3)20-12-15-7-8-17(18)16(11-15)6-4-5-9-19/h7-8,11,13-14,19H,5,9-10,12H2,1-3H3. The van der Waals surface area contributed by atoms with Crippen LogP contribution in [0.2, 0.25) is 0 Å². The molecule has 0 heterocycles. The number of rotatable bonds is 6. The molecule has 0 bridgehead atoms. The molecule has 2 nitrogen and oxygen atoms in total. The van der Waals surface area contributed by atoms with E-state index in [-0.39, 0.29) is 18.5 Å². The molecule has 0 radical (unpaired) electrons. The Bertz CT molecular complexity index is 472. The highest BCUT2D eigenvalue weighted by Gasteiger charge is 2.07. The zero-order chi connectivity index (χ0) is 15.0. The van der Waals surface area contributed by atoms with Gasteiger partial charge in [0.25, 0.3) is 0 Å². The summed E-state index contributed by atoms with van der Waals surface area (Å²) >= 11 is 0. The van der Waals surface area contributed by atoms with E-state index < -0.39 is 0 Å². The first-order valence-electron chi connectivity index (χ1n) is 7.02. The molecule has 0 aliphatic carbocycles. The van der Waals surface area contributed by atoms with Crippen LogP contribution in [0, 0.1) is 23.6 Å². The molecule has 20 heavy (non-hydrogen) atoms. The maximum absolute atomic E-state index is 13.6. The zero-order valence-electron chi connectivity index (χ0n) is 12.4. The van der Waals surface area contributed by atoms with Crippen LogP contribution >= 0.6 is 0 Å². The van der Waals surface area contributed by atoms with E-state index in [0.29, 0.717) is 24.5 Å². The van der Waals surface area contributed by atoms with Crippen molar-refractivity contribution in [3.63, 3.8) is 0 Å². The molecule has 0 aromatic heterocycles. The molecule has 0 saturated heterocycles. The van der Waals surface area contributed by atoms with Crippen molar-refractivity contribution in [1.29, 1.82) is 0 Å². The van der Waals surface area contributed by atoms with Crippen LogP contribution in [0.4, 0.5) is 4.39 Å². The number of aliphatic hydroxyl groups excluding tert-OH is 1. The number of ether oxygens (including phenoxy) is 1. The quantitative estimate of drug-likeness (QED) is 0.807. The predicted octanol–water partition coefficient (Wildman–Crippen LogP) is 3.51. The second kappa shape index (κ2) is 8.73. The summed E-state index contributed by atoms with van der Waals surface area (Å²) in [5, 5.41) is 8.67. The molecule has 0 spiro atoms. The smallest absolute Gasteiger partial charge is 0.138 e. The molecule has 3 heteroatoms. The fourth-order valence-corrected chi connectivity index (χ4v) is 1.94. The number of aliphatic hydroxyl groups is 1. The normalized spacial score (nSPS) is 12.1. The van der Waals surface area contributed by atoms with E-state index in [0.717, 1.165) is 12.0 Å². The van der Waals surface area contributed by atoms with Gasteiger partial charge < -0.3 is 9.84 Å². The molecule has 1 aromatic carbocycles. The second-order valence-electron chi connectivity index (χ2n) is 5.34. The lowest BCUT2D eigenvalue weighted by Gasteiger charge is -2.15. The number of hydrogen-bond donors (Lipinski definition) is 1. The van der Waals surface area contributed by atoms with Gasteiger partial charge in [-0.2, -0.15) is 0 Å². The van der Waals surface area contributed by atoms with Gasteiger partial charge in [-0.25, -0.2) is 4.39 Å². The van der Waals surface area contributed by atoms with Crippen LogP contribution in [0.5, 0.6) is 0 Å². The third-order valence-electron chi connectivity index (χ3n) is 2.83. The average Bonchev–Trinajstić information content (AvgIpc) is 2.39. The van der Waals surface area contributed by atoms with Crippen molar-refractivity contribution in [2.24, 2.45) is 5.92 Å². The molecular formula is C17H23FO2. The third-order valence-corrected chi connectivity index (χ3v) is 2.83. The van der Waals surface area contributed by atoms with Crippen molar-refractivity contribution in [2.45, 2.75) is 46.3 Å². The molecule has 0 aliphatic rings. The molecule has 110 valence electrons. The van der Waals surface area contributed by atoms with Crippen LogP contribution in [-0.2, 0) is 11.3 Å². The van der Waals surface area contributed by atoms with E-state index in [4.69, 9.17) is 9.84 Å². The fraction of sp³-hybridized carbons (Fsp3) is 0.529. The lowest BCUT2D eigenvalue weighted by molar-refractivity contribution is 0.0397. The fourth-order valence-electron chi connectivity index (χ4n) is 1.94. The third kappa shape index (κ3) is 6.18. The summed E-state index contributed by atoms with van der Waals surface area (Å²) in [5.41, 5.74) is 1.27. The predicted molar refractivity (Wildman–Crippen MR) is 78.7 cm³/mol. The van der Waals surface area contributed by atoms with Crippen LogP contribution in [-0.4, -0.2) is 17.8 Å². The highest BCUT2D eigenvalue weighted by Crippen LogP contribution is 2.14. The Balaban J connectivity index is 2.64. The molecule has 1 unspecified atom stereocenters. The van der Waals surface area contributed by atoms with Gasteiger partial charge in [-0.1, -0.05) is 31.8 Å². The summed E-state index contributed by atoms with van der Waals surface area (Å²) in [6.07, 6.45) is 1.54. The molecule has 1 atom stereocenters. The van der Waals surface area contributed by atoms with Crippen LogP contribution in [0.25, 0.3) is 0 Å². The van der Waals surface area contributed by atoms with Gasteiger partial charge in [0.2, 0.25) is 0 Å². The maximum Gasteiger partial charge on any atom is 0.138 e. The van der Waals surface area contributed by atoms with E-state index >= 15 is 0 Å². The lowest BCUT2D eigenvalue weighted by atomic mass is 10.1. The summed E-state index contributed by atoms with van der Waals surface area (Å²) in [4.78, 5) is 0. The minimum absolute atomic E-state index is 0.00978. The Morgan fingerprint density at radius 3 is 2.70 bits per heavy atom. The largest absolute Gasteiger partial charge is 0.395 e. The second-order valence-corrected chi connectivity index (χ2v) is 5.34. The van der Waals surface area contributed by atoms with E-state index in [2.05, 4.69) is 25.7 Å². The van der Waals surface area contributed by atoms with Crippen molar-refractivity contribution in [1.82, 2.24) is 0 Å². The summed E-state index contributed by atoms with van der Waals surface area (Å²) in [6.45, 7) is 6.82. The maximum atomic E-state index is 13.6. The van der Waals surface area contributed by atoms with E-state index in [1.165, 1.54) is 6.07 Å². The lowest BCUT2D eigenvalue weighted by Crippen LogP contribution is -2.11. The first-order valence-corrected chi connectivity index (χ1v) is 7.02. The van der Waals surface area contributed by atoms with Gasteiger partial charge in [0.05, 0.1) is 24.9 Å². The Morgan fingerprint density at radius 1 is 1.30 bits per heavy atom. The number of halogens is 1. The Labute approximate surface area is 121 Å². The Kier molecular flexibility index (Phi) is 7.28. The molecular weight excluding hydrogens is 255 g/mol. The molecule has 0 aliphatic heterocycles. The Hall–Kier alpha value is -1.37. The SMILES string of the molecule is CC(C)CC(C)OCc1ccc(F)c(C#CCCO)c1. The highest BCUT2D eigenvalue weighted by molar-refractivity contribution is 5.38. The van der Waals surface area contributed by atoms with E-state index in [9.17, 15) is 4.39 Å². The van der Waals surface area contributed by atoms with Crippen molar-refractivity contribution >= 4 is 0 Å². The van der Waals surface area contributed by atoms with Gasteiger partial charge in [-0.3, -0.25) is 0 Å². The highest BCUT2D eigenvalue weighted by atomic mass is 19.1. The molecule has 0 fully saturated rings. The molecule has 1 N–H and O–H groups in total. The van der Waals surface area contributed by atoms with Crippen LogP contribution in [0.15, 0.2) is 18.2 Å². The monoisotopic (exact) mass is 278 g/mol. The first-order chi connectivity index (χ1) is 9.52.